The molecule has 7 nitrogen and oxygen atoms in total. The van der Waals surface area contributed by atoms with Crippen molar-refractivity contribution < 1.29 is 4.79 Å². The maximum atomic E-state index is 11.7. The van der Waals surface area contributed by atoms with Gasteiger partial charge < -0.3 is 4.90 Å². The fourth-order valence-corrected chi connectivity index (χ4v) is 1.49. The number of nitrogens with zero attached hydrogens (tertiary/aromatic N) is 5. The molecule has 0 aliphatic carbocycles. The second-order valence-electron chi connectivity index (χ2n) is 2.88. The number of rotatable bonds is 3. The van der Waals surface area contributed by atoms with Crippen LogP contribution in [0, 0.1) is 0 Å². The molecular weight excluding hydrogens is 216 g/mol. The second kappa shape index (κ2) is 4.13. The predicted molar refractivity (Wildman–Crippen MR) is 52.1 cm³/mol. The molecular formula is C7H8N6OS. The van der Waals surface area contributed by atoms with Gasteiger partial charge in [-0.3, -0.25) is 9.89 Å². The Labute approximate surface area is 89.3 Å². The van der Waals surface area contributed by atoms with Crippen LogP contribution in [0.1, 0.15) is 16.3 Å². The van der Waals surface area contributed by atoms with E-state index in [2.05, 4.69) is 24.8 Å². The quantitative estimate of drug-likeness (QED) is 0.788. The molecule has 78 valence electrons. The molecule has 1 N–H and O–H groups in total. The minimum atomic E-state index is -0.180. The van der Waals surface area contributed by atoms with Crippen molar-refractivity contribution in [3.63, 3.8) is 0 Å². The SMILES string of the molecule is CN(Cc1ncn[nH]1)C(=O)c1csnn1. The third kappa shape index (κ3) is 2.15. The summed E-state index contributed by atoms with van der Waals surface area (Å²) in [5, 5.41) is 11.7. The average Bonchev–Trinajstić information content (AvgIpc) is 2.88. The number of aromatic nitrogens is 5. The van der Waals surface area contributed by atoms with Crippen molar-refractivity contribution in [3.05, 3.63) is 23.2 Å². The van der Waals surface area contributed by atoms with Crippen molar-refractivity contribution in [1.29, 1.82) is 0 Å². The Balaban J connectivity index is 2.03. The Bertz CT molecular complexity index is 424. The lowest BCUT2D eigenvalue weighted by molar-refractivity contribution is 0.0776. The van der Waals surface area contributed by atoms with Gasteiger partial charge in [-0.05, 0) is 11.5 Å². The Morgan fingerprint density at radius 1 is 1.67 bits per heavy atom. The van der Waals surface area contributed by atoms with Crippen LogP contribution in [0.3, 0.4) is 0 Å². The highest BCUT2D eigenvalue weighted by atomic mass is 32.1. The molecule has 8 heteroatoms. The summed E-state index contributed by atoms with van der Waals surface area (Å²) in [6.07, 6.45) is 1.40. The van der Waals surface area contributed by atoms with Crippen molar-refractivity contribution in [2.24, 2.45) is 0 Å². The molecule has 0 aliphatic heterocycles. The second-order valence-corrected chi connectivity index (χ2v) is 3.49. The maximum Gasteiger partial charge on any atom is 0.275 e. The van der Waals surface area contributed by atoms with Crippen LogP contribution in [0.2, 0.25) is 0 Å². The monoisotopic (exact) mass is 224 g/mol. The number of hydrogen-bond acceptors (Lipinski definition) is 6. The number of hydrogen-bond donors (Lipinski definition) is 1. The molecule has 0 bridgehead atoms. The first kappa shape index (κ1) is 9.71. The highest BCUT2D eigenvalue weighted by Gasteiger charge is 2.15. The number of aromatic amines is 1. The van der Waals surface area contributed by atoms with E-state index in [9.17, 15) is 4.79 Å². The van der Waals surface area contributed by atoms with E-state index in [0.717, 1.165) is 11.5 Å². The van der Waals surface area contributed by atoms with Crippen molar-refractivity contribution in [2.45, 2.75) is 6.54 Å². The average molecular weight is 224 g/mol. The Morgan fingerprint density at radius 2 is 2.53 bits per heavy atom. The van der Waals surface area contributed by atoms with Gasteiger partial charge in [-0.2, -0.15) is 5.10 Å². The summed E-state index contributed by atoms with van der Waals surface area (Å²) in [6.45, 7) is 0.371. The Morgan fingerprint density at radius 3 is 3.13 bits per heavy atom. The molecule has 0 saturated carbocycles. The summed E-state index contributed by atoms with van der Waals surface area (Å²) in [7, 11) is 1.67. The number of nitrogens with one attached hydrogen (secondary N) is 1. The zero-order valence-electron chi connectivity index (χ0n) is 7.91. The first-order valence-electron chi connectivity index (χ1n) is 4.14. The molecule has 2 aromatic rings. The maximum absolute atomic E-state index is 11.7. The van der Waals surface area contributed by atoms with Gasteiger partial charge in [0, 0.05) is 12.4 Å². The largest absolute Gasteiger partial charge is 0.333 e. The number of H-pyrrole nitrogens is 1. The molecule has 2 heterocycles. The molecule has 0 aromatic carbocycles. The third-order valence-corrected chi connectivity index (χ3v) is 2.28. The predicted octanol–water partition coefficient (Wildman–Crippen LogP) is -0.0716. The molecule has 0 fully saturated rings. The van der Waals surface area contributed by atoms with E-state index in [1.165, 1.54) is 11.2 Å². The zero-order chi connectivity index (χ0) is 10.7. The van der Waals surface area contributed by atoms with Crippen molar-refractivity contribution >= 4 is 17.4 Å². The third-order valence-electron chi connectivity index (χ3n) is 1.78. The van der Waals surface area contributed by atoms with Crippen LogP contribution < -0.4 is 0 Å². The first-order valence-corrected chi connectivity index (χ1v) is 4.98. The lowest BCUT2D eigenvalue weighted by Gasteiger charge is -2.13. The highest BCUT2D eigenvalue weighted by molar-refractivity contribution is 7.03. The summed E-state index contributed by atoms with van der Waals surface area (Å²) < 4.78 is 3.63. The van der Waals surface area contributed by atoms with Crippen LogP contribution >= 0.6 is 11.5 Å². The summed E-state index contributed by atoms with van der Waals surface area (Å²) in [4.78, 5) is 17.1. The van der Waals surface area contributed by atoms with Gasteiger partial charge in [-0.1, -0.05) is 4.49 Å². The number of carbonyl (C=O) groups excluding carboxylic acids is 1. The van der Waals surface area contributed by atoms with E-state index in [-0.39, 0.29) is 5.91 Å². The van der Waals surface area contributed by atoms with E-state index in [4.69, 9.17) is 0 Å². The number of carbonyl (C=O) groups is 1. The summed E-state index contributed by atoms with van der Waals surface area (Å²) >= 11 is 1.15. The van der Waals surface area contributed by atoms with Gasteiger partial charge in [0.2, 0.25) is 0 Å². The normalized spacial score (nSPS) is 10.2. The summed E-state index contributed by atoms with van der Waals surface area (Å²) in [5.41, 5.74) is 0.349. The highest BCUT2D eigenvalue weighted by Crippen LogP contribution is 2.03. The molecule has 1 amide bonds. The molecule has 0 radical (unpaired) electrons. The molecule has 0 aliphatic rings. The van der Waals surface area contributed by atoms with Crippen LogP contribution in [-0.2, 0) is 6.54 Å². The molecule has 0 unspecified atom stereocenters. The molecule has 15 heavy (non-hydrogen) atoms. The van der Waals surface area contributed by atoms with E-state index in [1.807, 2.05) is 0 Å². The van der Waals surface area contributed by atoms with E-state index in [0.29, 0.717) is 18.1 Å². The minimum Gasteiger partial charge on any atom is -0.333 e. The van der Waals surface area contributed by atoms with Crippen molar-refractivity contribution in [3.8, 4) is 0 Å². The van der Waals surface area contributed by atoms with Crippen molar-refractivity contribution in [1.82, 2.24) is 29.7 Å². The molecule has 2 aromatic heterocycles. The minimum absolute atomic E-state index is 0.180. The summed E-state index contributed by atoms with van der Waals surface area (Å²) in [5.74, 6) is 0.453. The van der Waals surface area contributed by atoms with Gasteiger partial charge in [-0.25, -0.2) is 4.98 Å². The van der Waals surface area contributed by atoms with Gasteiger partial charge >= 0.3 is 0 Å². The Hall–Kier alpha value is -1.83. The van der Waals surface area contributed by atoms with Gasteiger partial charge in [-0.15, -0.1) is 5.10 Å². The lowest BCUT2D eigenvalue weighted by atomic mass is 10.4. The van der Waals surface area contributed by atoms with Crippen LogP contribution in [0.15, 0.2) is 11.7 Å². The fraction of sp³-hybridized carbons (Fsp3) is 0.286. The topological polar surface area (TPSA) is 87.7 Å². The van der Waals surface area contributed by atoms with Gasteiger partial charge in [0.05, 0.1) is 6.54 Å². The fourth-order valence-electron chi connectivity index (χ4n) is 1.06. The van der Waals surface area contributed by atoms with E-state index < -0.39 is 0 Å². The molecule has 2 rings (SSSR count). The van der Waals surface area contributed by atoms with Crippen LogP contribution in [0.5, 0.6) is 0 Å². The van der Waals surface area contributed by atoms with Gasteiger partial charge in [0.1, 0.15) is 12.2 Å². The van der Waals surface area contributed by atoms with Gasteiger partial charge in [0.25, 0.3) is 5.91 Å². The lowest BCUT2D eigenvalue weighted by Crippen LogP contribution is -2.27. The first-order chi connectivity index (χ1) is 7.27. The smallest absolute Gasteiger partial charge is 0.275 e. The zero-order valence-corrected chi connectivity index (χ0v) is 8.73. The Kier molecular flexibility index (Phi) is 2.68. The van der Waals surface area contributed by atoms with Crippen molar-refractivity contribution in [2.75, 3.05) is 7.05 Å². The summed E-state index contributed by atoms with van der Waals surface area (Å²) in [6, 6.07) is 0. The molecule has 0 saturated heterocycles. The van der Waals surface area contributed by atoms with Crippen LogP contribution in [0.4, 0.5) is 0 Å². The van der Waals surface area contributed by atoms with Crippen LogP contribution in [-0.4, -0.2) is 42.6 Å². The molecule has 0 atom stereocenters. The van der Waals surface area contributed by atoms with E-state index >= 15 is 0 Å². The number of amides is 1. The van der Waals surface area contributed by atoms with Crippen LogP contribution in [0.25, 0.3) is 0 Å². The van der Waals surface area contributed by atoms with E-state index in [1.54, 1.807) is 12.4 Å². The molecule has 0 spiro atoms. The van der Waals surface area contributed by atoms with Gasteiger partial charge in [0.15, 0.2) is 5.69 Å². The standard InChI is InChI=1S/C7H8N6OS/c1-13(2-6-8-4-9-11-6)7(14)5-3-15-12-10-5/h3-4H,2H2,1H3,(H,8,9,11).